The summed E-state index contributed by atoms with van der Waals surface area (Å²) in [5.74, 6) is -0.571. The highest BCUT2D eigenvalue weighted by atomic mass is 35.5. The van der Waals surface area contributed by atoms with Crippen LogP contribution in [0.15, 0.2) is 48.2 Å². The smallest absolute Gasteiger partial charge is 0.418 e. The highest BCUT2D eigenvalue weighted by Gasteiger charge is 2.33. The number of carbonyl (C=O) groups excluding carboxylic acids is 1. The molecule has 0 unspecified atom stereocenters. The van der Waals surface area contributed by atoms with E-state index in [0.29, 0.717) is 10.8 Å². The molecule has 0 aliphatic carbocycles. The number of hydrogen-bond acceptors (Lipinski definition) is 4. The minimum atomic E-state index is -4.68. The van der Waals surface area contributed by atoms with Crippen molar-refractivity contribution in [3.63, 3.8) is 0 Å². The van der Waals surface area contributed by atoms with Gasteiger partial charge < -0.3 is 15.4 Å². The summed E-state index contributed by atoms with van der Waals surface area (Å²) in [5, 5.41) is 14.1. The van der Waals surface area contributed by atoms with Crippen molar-refractivity contribution in [1.82, 2.24) is 0 Å². The quantitative estimate of drug-likeness (QED) is 0.487. The van der Waals surface area contributed by atoms with Crippen LogP contribution in [0.5, 0.6) is 5.75 Å². The van der Waals surface area contributed by atoms with Crippen molar-refractivity contribution in [2.24, 2.45) is 0 Å². The summed E-state index contributed by atoms with van der Waals surface area (Å²) in [5.41, 5.74) is -1.67. The number of nitriles is 1. The third-order valence-electron chi connectivity index (χ3n) is 3.43. The van der Waals surface area contributed by atoms with Gasteiger partial charge in [0, 0.05) is 16.2 Å². The summed E-state index contributed by atoms with van der Waals surface area (Å²) in [6.07, 6.45) is -3.81. The Hall–Kier alpha value is -2.89. The number of methoxy groups -OCH3 is 1. The van der Waals surface area contributed by atoms with Crippen molar-refractivity contribution < 1.29 is 22.7 Å². The van der Waals surface area contributed by atoms with Crippen LogP contribution in [0.1, 0.15) is 5.56 Å². The van der Waals surface area contributed by atoms with E-state index >= 15 is 0 Å². The standard InChI is InChI=1S/C18H12Cl2F3N3O2/c1-28-16-5-3-12(20)7-15(16)26-17(27)10(8-24)9-25-14-4-2-11(19)6-13(14)18(21,22)23/h2-7,9,25H,1H3,(H,26,27)/b10-9-. The average Bonchev–Trinajstić information content (AvgIpc) is 2.62. The molecular formula is C18H12Cl2F3N3O2. The first-order valence-electron chi connectivity index (χ1n) is 7.54. The number of halogens is 5. The molecule has 28 heavy (non-hydrogen) atoms. The van der Waals surface area contributed by atoms with Crippen LogP contribution in [0.3, 0.4) is 0 Å². The minimum Gasteiger partial charge on any atom is -0.495 e. The number of nitrogens with zero attached hydrogens (tertiary/aromatic N) is 1. The fourth-order valence-corrected chi connectivity index (χ4v) is 2.49. The summed E-state index contributed by atoms with van der Waals surface area (Å²) >= 11 is 11.5. The lowest BCUT2D eigenvalue weighted by Gasteiger charge is -2.13. The van der Waals surface area contributed by atoms with Crippen molar-refractivity contribution in [3.05, 3.63) is 63.8 Å². The number of carbonyl (C=O) groups is 1. The number of rotatable bonds is 5. The van der Waals surface area contributed by atoms with Crippen molar-refractivity contribution in [1.29, 1.82) is 5.26 Å². The molecular weight excluding hydrogens is 418 g/mol. The molecule has 0 bridgehead atoms. The molecule has 2 rings (SSSR count). The van der Waals surface area contributed by atoms with Gasteiger partial charge in [-0.1, -0.05) is 23.2 Å². The largest absolute Gasteiger partial charge is 0.495 e. The predicted octanol–water partition coefficient (Wildman–Crippen LogP) is 5.48. The summed E-state index contributed by atoms with van der Waals surface area (Å²) in [6, 6.07) is 9.15. The molecule has 0 heterocycles. The van der Waals surface area contributed by atoms with Gasteiger partial charge in [0.1, 0.15) is 17.4 Å². The van der Waals surface area contributed by atoms with E-state index in [1.807, 2.05) is 0 Å². The second kappa shape index (κ2) is 8.87. The normalized spacial score (nSPS) is 11.5. The van der Waals surface area contributed by atoms with E-state index in [-0.39, 0.29) is 16.4 Å². The van der Waals surface area contributed by atoms with Crippen LogP contribution in [0, 0.1) is 11.3 Å². The zero-order chi connectivity index (χ0) is 20.9. The summed E-state index contributed by atoms with van der Waals surface area (Å²) in [6.45, 7) is 0. The van der Waals surface area contributed by atoms with Gasteiger partial charge in [0.05, 0.1) is 24.0 Å². The number of amides is 1. The van der Waals surface area contributed by atoms with Gasteiger partial charge in [-0.2, -0.15) is 18.4 Å². The molecule has 0 fully saturated rings. The summed E-state index contributed by atoms with van der Waals surface area (Å²) in [4.78, 5) is 12.3. The van der Waals surface area contributed by atoms with Crippen LogP contribution < -0.4 is 15.4 Å². The molecule has 10 heteroatoms. The second-order valence-corrected chi connectivity index (χ2v) is 6.17. The van der Waals surface area contributed by atoms with Crippen molar-refractivity contribution >= 4 is 40.5 Å². The van der Waals surface area contributed by atoms with Crippen LogP contribution in [-0.4, -0.2) is 13.0 Å². The Kier molecular flexibility index (Phi) is 6.78. The molecule has 0 aliphatic rings. The van der Waals surface area contributed by atoms with Gasteiger partial charge in [-0.3, -0.25) is 4.79 Å². The van der Waals surface area contributed by atoms with E-state index < -0.39 is 23.2 Å². The van der Waals surface area contributed by atoms with E-state index in [2.05, 4.69) is 10.6 Å². The highest BCUT2D eigenvalue weighted by Crippen LogP contribution is 2.36. The zero-order valence-corrected chi connectivity index (χ0v) is 15.7. The SMILES string of the molecule is COc1ccc(Cl)cc1NC(=O)/C(C#N)=C\Nc1ccc(Cl)cc1C(F)(F)F. The van der Waals surface area contributed by atoms with Crippen LogP contribution in [0.2, 0.25) is 10.0 Å². The molecule has 0 saturated heterocycles. The number of hydrogen-bond donors (Lipinski definition) is 2. The third kappa shape index (κ3) is 5.31. The maximum absolute atomic E-state index is 13.1. The van der Waals surface area contributed by atoms with Crippen LogP contribution in [0.25, 0.3) is 0 Å². The van der Waals surface area contributed by atoms with E-state index in [4.69, 9.17) is 27.9 Å². The van der Waals surface area contributed by atoms with Crippen LogP contribution in [0.4, 0.5) is 24.5 Å². The van der Waals surface area contributed by atoms with Crippen molar-refractivity contribution in [3.8, 4) is 11.8 Å². The molecule has 0 spiro atoms. The van der Waals surface area contributed by atoms with Crippen LogP contribution in [-0.2, 0) is 11.0 Å². The summed E-state index contributed by atoms with van der Waals surface area (Å²) in [7, 11) is 1.38. The lowest BCUT2D eigenvalue weighted by Crippen LogP contribution is -2.16. The minimum absolute atomic E-state index is 0.104. The first kappa shape index (κ1) is 21.4. The van der Waals surface area contributed by atoms with Gasteiger partial charge in [-0.25, -0.2) is 0 Å². The number of ether oxygens (including phenoxy) is 1. The Bertz CT molecular complexity index is 970. The molecule has 0 radical (unpaired) electrons. The third-order valence-corrected chi connectivity index (χ3v) is 3.90. The molecule has 0 aliphatic heterocycles. The Morgan fingerprint density at radius 1 is 1.14 bits per heavy atom. The Morgan fingerprint density at radius 3 is 2.39 bits per heavy atom. The molecule has 0 atom stereocenters. The average molecular weight is 430 g/mol. The summed E-state index contributed by atoms with van der Waals surface area (Å²) < 4.78 is 44.4. The first-order chi connectivity index (χ1) is 13.2. The monoisotopic (exact) mass is 429 g/mol. The van der Waals surface area contributed by atoms with Gasteiger partial charge in [0.25, 0.3) is 5.91 Å². The molecule has 2 N–H and O–H groups in total. The van der Waals surface area contributed by atoms with Crippen molar-refractivity contribution in [2.75, 3.05) is 17.7 Å². The van der Waals surface area contributed by atoms with Gasteiger partial charge in [0.2, 0.25) is 0 Å². The highest BCUT2D eigenvalue weighted by molar-refractivity contribution is 6.31. The van der Waals surface area contributed by atoms with Gasteiger partial charge in [-0.05, 0) is 36.4 Å². The maximum Gasteiger partial charge on any atom is 0.418 e. The fourth-order valence-electron chi connectivity index (χ4n) is 2.14. The molecule has 2 aromatic carbocycles. The second-order valence-electron chi connectivity index (χ2n) is 5.30. The van der Waals surface area contributed by atoms with Gasteiger partial charge >= 0.3 is 6.18 Å². The van der Waals surface area contributed by atoms with Gasteiger partial charge in [-0.15, -0.1) is 0 Å². The number of anilines is 2. The van der Waals surface area contributed by atoms with Gasteiger partial charge in [0.15, 0.2) is 0 Å². The molecule has 146 valence electrons. The molecule has 0 saturated carbocycles. The predicted molar refractivity (Wildman–Crippen MR) is 100 cm³/mol. The Balaban J connectivity index is 2.27. The van der Waals surface area contributed by atoms with E-state index in [9.17, 15) is 23.2 Å². The van der Waals surface area contributed by atoms with Crippen molar-refractivity contribution in [2.45, 2.75) is 6.18 Å². The first-order valence-corrected chi connectivity index (χ1v) is 8.29. The molecule has 0 aromatic heterocycles. The van der Waals surface area contributed by atoms with E-state index in [1.165, 1.54) is 31.4 Å². The molecule has 5 nitrogen and oxygen atoms in total. The lowest BCUT2D eigenvalue weighted by atomic mass is 10.1. The number of nitrogens with one attached hydrogen (secondary N) is 2. The maximum atomic E-state index is 13.1. The topological polar surface area (TPSA) is 74.1 Å². The van der Waals surface area contributed by atoms with E-state index in [0.717, 1.165) is 18.3 Å². The molecule has 1 amide bonds. The fraction of sp³-hybridized carbons (Fsp3) is 0.111. The zero-order valence-electron chi connectivity index (χ0n) is 14.2. The number of alkyl halides is 3. The Morgan fingerprint density at radius 2 is 1.79 bits per heavy atom. The molecule has 2 aromatic rings. The lowest BCUT2D eigenvalue weighted by molar-refractivity contribution is -0.136. The van der Waals surface area contributed by atoms with Crippen LogP contribution >= 0.6 is 23.2 Å². The van der Waals surface area contributed by atoms with E-state index in [1.54, 1.807) is 6.07 Å². The number of benzene rings is 2. The Labute approximate surface area is 168 Å².